The fourth-order valence-corrected chi connectivity index (χ4v) is 3.32. The van der Waals surface area contributed by atoms with Crippen molar-refractivity contribution in [3.8, 4) is 0 Å². The molecule has 1 aliphatic rings. The number of aromatic nitrogens is 1. The molecule has 2 atom stereocenters. The minimum absolute atomic E-state index is 0.718. The van der Waals surface area contributed by atoms with Crippen molar-refractivity contribution in [1.29, 1.82) is 0 Å². The summed E-state index contributed by atoms with van der Waals surface area (Å²) in [7, 11) is 0. The van der Waals surface area contributed by atoms with Gasteiger partial charge in [0.1, 0.15) is 0 Å². The highest BCUT2D eigenvalue weighted by Crippen LogP contribution is 2.30. The van der Waals surface area contributed by atoms with Crippen molar-refractivity contribution in [3.63, 3.8) is 0 Å². The van der Waals surface area contributed by atoms with Gasteiger partial charge < -0.3 is 5.32 Å². The van der Waals surface area contributed by atoms with Gasteiger partial charge in [0.2, 0.25) is 0 Å². The van der Waals surface area contributed by atoms with Gasteiger partial charge in [0.25, 0.3) is 0 Å². The van der Waals surface area contributed by atoms with Gasteiger partial charge >= 0.3 is 0 Å². The van der Waals surface area contributed by atoms with Crippen LogP contribution in [0.1, 0.15) is 44.4 Å². The molecule has 3 heteroatoms. The third kappa shape index (κ3) is 3.05. The molecule has 1 N–H and O–H groups in total. The molecule has 0 spiro atoms. The Morgan fingerprint density at radius 2 is 2.25 bits per heavy atom. The smallest absolute Gasteiger partial charge is 0.0794 e. The monoisotopic (exact) mass is 238 g/mol. The Balaban J connectivity index is 1.86. The van der Waals surface area contributed by atoms with E-state index in [-0.39, 0.29) is 0 Å². The van der Waals surface area contributed by atoms with E-state index in [1.54, 1.807) is 11.3 Å². The lowest BCUT2D eigenvalue weighted by Gasteiger charge is -2.35. The van der Waals surface area contributed by atoms with E-state index >= 15 is 0 Å². The molecule has 90 valence electrons. The molecule has 0 aromatic carbocycles. The van der Waals surface area contributed by atoms with Crippen LogP contribution in [-0.2, 0) is 6.54 Å². The molecule has 2 rings (SSSR count). The van der Waals surface area contributed by atoms with E-state index in [0.29, 0.717) is 0 Å². The second-order valence-electron chi connectivity index (χ2n) is 5.15. The van der Waals surface area contributed by atoms with Gasteiger partial charge in [-0.3, -0.25) is 4.98 Å². The maximum Gasteiger partial charge on any atom is 0.0794 e. The molecule has 1 fully saturated rings. The summed E-state index contributed by atoms with van der Waals surface area (Å²) in [6, 6.07) is 0.718. The summed E-state index contributed by atoms with van der Waals surface area (Å²) in [4.78, 5) is 5.47. The molecular weight excluding hydrogens is 216 g/mol. The first kappa shape index (κ1) is 12.1. The summed E-state index contributed by atoms with van der Waals surface area (Å²) in [5.41, 5.74) is 1.91. The highest BCUT2D eigenvalue weighted by molar-refractivity contribution is 7.09. The predicted octanol–water partition coefficient (Wildman–Crippen LogP) is 3.45. The van der Waals surface area contributed by atoms with Crippen LogP contribution in [0.25, 0.3) is 0 Å². The zero-order valence-corrected chi connectivity index (χ0v) is 11.1. The van der Waals surface area contributed by atoms with Crippen molar-refractivity contribution in [2.24, 2.45) is 11.8 Å². The van der Waals surface area contributed by atoms with Crippen LogP contribution < -0.4 is 5.32 Å². The summed E-state index contributed by atoms with van der Waals surface area (Å²) in [6.45, 7) is 5.72. The van der Waals surface area contributed by atoms with Crippen LogP contribution in [0.2, 0.25) is 0 Å². The first-order valence-electron chi connectivity index (χ1n) is 6.38. The zero-order chi connectivity index (χ0) is 11.4. The average Bonchev–Trinajstić information content (AvgIpc) is 2.79. The third-order valence-electron chi connectivity index (χ3n) is 3.70. The number of nitrogens with zero attached hydrogens (tertiary/aromatic N) is 1. The quantitative estimate of drug-likeness (QED) is 0.869. The Kier molecular flexibility index (Phi) is 4.36. The first-order valence-corrected chi connectivity index (χ1v) is 7.26. The van der Waals surface area contributed by atoms with Crippen LogP contribution in [0.4, 0.5) is 0 Å². The fourth-order valence-electron chi connectivity index (χ4n) is 2.77. The van der Waals surface area contributed by atoms with Crippen LogP contribution in [-0.4, -0.2) is 11.0 Å². The maximum atomic E-state index is 4.12. The van der Waals surface area contributed by atoms with E-state index in [9.17, 15) is 0 Å². The molecule has 0 saturated heterocycles. The molecule has 1 saturated carbocycles. The summed E-state index contributed by atoms with van der Waals surface area (Å²) in [6.07, 6.45) is 7.54. The van der Waals surface area contributed by atoms with E-state index in [2.05, 4.69) is 24.1 Å². The highest BCUT2D eigenvalue weighted by atomic mass is 32.1. The van der Waals surface area contributed by atoms with Crippen molar-refractivity contribution in [2.45, 2.75) is 52.1 Å². The molecule has 0 aliphatic heterocycles. The van der Waals surface area contributed by atoms with Gasteiger partial charge in [-0.05, 0) is 24.7 Å². The van der Waals surface area contributed by atoms with E-state index in [1.807, 2.05) is 11.7 Å². The molecule has 0 radical (unpaired) electrons. The summed E-state index contributed by atoms with van der Waals surface area (Å²) in [5, 5.41) is 3.73. The minimum Gasteiger partial charge on any atom is -0.309 e. The minimum atomic E-state index is 0.718. The second kappa shape index (κ2) is 5.78. The van der Waals surface area contributed by atoms with Gasteiger partial charge in [-0.15, -0.1) is 11.3 Å². The number of rotatable bonds is 4. The Bertz CT molecular complexity index is 295. The van der Waals surface area contributed by atoms with E-state index in [4.69, 9.17) is 0 Å². The SMILES string of the molecule is CC(C)C1CCCCC1NCc1cncs1. The standard InChI is InChI=1S/C13H22N2S/c1-10(2)12-5-3-4-6-13(12)15-8-11-7-14-9-16-11/h7,9-10,12-13,15H,3-6,8H2,1-2H3. The largest absolute Gasteiger partial charge is 0.309 e. The van der Waals surface area contributed by atoms with Gasteiger partial charge in [-0.1, -0.05) is 26.7 Å². The van der Waals surface area contributed by atoms with Gasteiger partial charge in [0.05, 0.1) is 5.51 Å². The molecular formula is C13H22N2S. The van der Waals surface area contributed by atoms with Gasteiger partial charge in [0, 0.05) is 23.7 Å². The van der Waals surface area contributed by atoms with Crippen LogP contribution >= 0.6 is 11.3 Å². The molecule has 16 heavy (non-hydrogen) atoms. The topological polar surface area (TPSA) is 24.9 Å². The van der Waals surface area contributed by atoms with E-state index in [1.165, 1.54) is 30.6 Å². The van der Waals surface area contributed by atoms with Crippen LogP contribution in [0.3, 0.4) is 0 Å². The van der Waals surface area contributed by atoms with Crippen LogP contribution in [0.5, 0.6) is 0 Å². The normalized spacial score (nSPS) is 26.2. The van der Waals surface area contributed by atoms with Crippen molar-refractivity contribution < 1.29 is 0 Å². The fraction of sp³-hybridized carbons (Fsp3) is 0.769. The van der Waals surface area contributed by atoms with Crippen LogP contribution in [0, 0.1) is 11.8 Å². The Hall–Kier alpha value is -0.410. The average molecular weight is 238 g/mol. The zero-order valence-electron chi connectivity index (χ0n) is 10.3. The third-order valence-corrected chi connectivity index (χ3v) is 4.48. The van der Waals surface area contributed by atoms with Crippen molar-refractivity contribution in [1.82, 2.24) is 10.3 Å². The number of nitrogens with one attached hydrogen (secondary N) is 1. The lowest BCUT2D eigenvalue weighted by Crippen LogP contribution is -2.40. The predicted molar refractivity (Wildman–Crippen MR) is 69.5 cm³/mol. The lowest BCUT2D eigenvalue weighted by molar-refractivity contribution is 0.205. The molecule has 1 aromatic rings. The van der Waals surface area contributed by atoms with Crippen LogP contribution in [0.15, 0.2) is 11.7 Å². The summed E-state index contributed by atoms with van der Waals surface area (Å²) >= 11 is 1.75. The first-order chi connectivity index (χ1) is 7.77. The molecule has 1 heterocycles. The number of thiazole rings is 1. The van der Waals surface area contributed by atoms with E-state index in [0.717, 1.165) is 24.4 Å². The maximum absolute atomic E-state index is 4.12. The summed E-state index contributed by atoms with van der Waals surface area (Å²) in [5.74, 6) is 1.67. The highest BCUT2D eigenvalue weighted by Gasteiger charge is 2.26. The lowest BCUT2D eigenvalue weighted by atomic mass is 9.78. The van der Waals surface area contributed by atoms with Gasteiger partial charge in [-0.25, -0.2) is 0 Å². The van der Waals surface area contributed by atoms with E-state index < -0.39 is 0 Å². The van der Waals surface area contributed by atoms with Crippen molar-refractivity contribution in [3.05, 3.63) is 16.6 Å². The molecule has 1 aliphatic carbocycles. The summed E-state index contributed by atoms with van der Waals surface area (Å²) < 4.78 is 0. The number of hydrogen-bond acceptors (Lipinski definition) is 3. The molecule has 0 amide bonds. The molecule has 1 aromatic heterocycles. The molecule has 2 nitrogen and oxygen atoms in total. The Labute approximate surface area is 102 Å². The van der Waals surface area contributed by atoms with Gasteiger partial charge in [-0.2, -0.15) is 0 Å². The second-order valence-corrected chi connectivity index (χ2v) is 6.12. The molecule has 0 bridgehead atoms. The Morgan fingerprint density at radius 1 is 1.44 bits per heavy atom. The number of hydrogen-bond donors (Lipinski definition) is 1. The Morgan fingerprint density at radius 3 is 2.94 bits per heavy atom. The van der Waals surface area contributed by atoms with Crippen molar-refractivity contribution in [2.75, 3.05) is 0 Å². The van der Waals surface area contributed by atoms with Crippen molar-refractivity contribution >= 4 is 11.3 Å². The van der Waals surface area contributed by atoms with Gasteiger partial charge in [0.15, 0.2) is 0 Å². The molecule has 2 unspecified atom stereocenters.